The number of fused-ring (bicyclic) bond motifs is 2. The van der Waals surface area contributed by atoms with Gasteiger partial charge in [-0.05, 0) is 71.7 Å². The Morgan fingerprint density at radius 1 is 0.694 bits per heavy atom. The first-order valence-electron chi connectivity index (χ1n) is 12.5. The summed E-state index contributed by atoms with van der Waals surface area (Å²) in [4.78, 5) is 24.1. The molecule has 0 fully saturated rings. The van der Waals surface area contributed by atoms with E-state index in [1.54, 1.807) is 6.07 Å². The molecule has 2 unspecified atom stereocenters. The minimum absolute atomic E-state index is 0.0370. The van der Waals surface area contributed by atoms with Crippen LogP contribution >= 0.6 is 0 Å². The molecule has 4 aromatic carbocycles. The van der Waals surface area contributed by atoms with Crippen LogP contribution in [0.2, 0.25) is 0 Å². The van der Waals surface area contributed by atoms with Crippen LogP contribution in [0.25, 0.3) is 0 Å². The van der Waals surface area contributed by atoms with Crippen LogP contribution in [0, 0.1) is 0 Å². The molecule has 178 valence electrons. The van der Waals surface area contributed by atoms with E-state index in [1.165, 1.54) is 16.7 Å². The number of benzene rings is 4. The average molecular weight is 474 g/mol. The zero-order valence-corrected chi connectivity index (χ0v) is 19.9. The molecule has 1 aliphatic carbocycles. The Morgan fingerprint density at radius 3 is 2.25 bits per heavy atom. The number of hydrogen-bond acceptors (Lipinski definition) is 3. The first-order valence-corrected chi connectivity index (χ1v) is 12.5. The zero-order valence-electron chi connectivity index (χ0n) is 19.9. The third kappa shape index (κ3) is 4.20. The van der Waals surface area contributed by atoms with E-state index in [0.717, 1.165) is 36.1 Å². The molecule has 1 aliphatic heterocycles. The maximum Gasteiger partial charge on any atom is 0.259 e. The smallest absolute Gasteiger partial charge is 0.259 e. The van der Waals surface area contributed by atoms with Gasteiger partial charge in [-0.3, -0.25) is 14.9 Å². The molecule has 4 aromatic rings. The molecule has 2 amide bonds. The summed E-state index contributed by atoms with van der Waals surface area (Å²) in [7, 11) is 0. The summed E-state index contributed by atoms with van der Waals surface area (Å²) in [6, 6.07) is 33.1. The molecule has 1 N–H and O–H groups in total. The predicted octanol–water partition coefficient (Wildman–Crippen LogP) is 6.40. The molecule has 0 bridgehead atoms. The maximum atomic E-state index is 12.2. The highest BCUT2D eigenvalue weighted by molar-refractivity contribution is 6.22. The normalized spacial score (nSPS) is 18.3. The molecule has 2 atom stereocenters. The summed E-state index contributed by atoms with van der Waals surface area (Å²) in [5.41, 5.74) is 7.05. The van der Waals surface area contributed by atoms with E-state index >= 15 is 0 Å². The topological polar surface area (TPSA) is 55.4 Å². The Morgan fingerprint density at radius 2 is 1.44 bits per heavy atom. The Labute approximate surface area is 210 Å². The second-order valence-electron chi connectivity index (χ2n) is 9.54. The first-order chi connectivity index (χ1) is 17.7. The second kappa shape index (κ2) is 9.46. The van der Waals surface area contributed by atoms with E-state index in [0.29, 0.717) is 23.5 Å². The number of hydrogen-bond donors (Lipinski definition) is 1. The summed E-state index contributed by atoms with van der Waals surface area (Å²) in [5.74, 6) is 0.665. The lowest BCUT2D eigenvalue weighted by atomic mass is 9.77. The SMILES string of the molecule is O=C1NC(=O)c2c(CCc3ccc(OC4CCC(c5ccccc5)c5ccccc54)cc3)cccc21. The maximum absolute atomic E-state index is 12.2. The number of carbonyl (C=O) groups is 2. The van der Waals surface area contributed by atoms with Crippen LogP contribution in [-0.4, -0.2) is 11.8 Å². The highest BCUT2D eigenvalue weighted by Gasteiger charge is 2.30. The van der Waals surface area contributed by atoms with Gasteiger partial charge in [-0.15, -0.1) is 0 Å². The minimum Gasteiger partial charge on any atom is -0.486 e. The average Bonchev–Trinajstić information content (AvgIpc) is 3.22. The number of rotatable bonds is 6. The monoisotopic (exact) mass is 473 g/mol. The van der Waals surface area contributed by atoms with Crippen LogP contribution in [0.15, 0.2) is 97.1 Å². The quantitative estimate of drug-likeness (QED) is 0.330. The van der Waals surface area contributed by atoms with Gasteiger partial charge < -0.3 is 4.74 Å². The summed E-state index contributed by atoms with van der Waals surface area (Å²) in [5, 5.41) is 2.39. The van der Waals surface area contributed by atoms with E-state index in [-0.39, 0.29) is 17.9 Å². The lowest BCUT2D eigenvalue weighted by Gasteiger charge is -2.32. The molecule has 2 aliphatic rings. The van der Waals surface area contributed by atoms with Crippen molar-refractivity contribution in [3.05, 3.63) is 136 Å². The number of amides is 2. The fraction of sp³-hybridized carbons (Fsp3) is 0.188. The van der Waals surface area contributed by atoms with Crippen LogP contribution in [-0.2, 0) is 12.8 Å². The van der Waals surface area contributed by atoms with Crippen molar-refractivity contribution in [2.75, 3.05) is 0 Å². The van der Waals surface area contributed by atoms with Crippen molar-refractivity contribution in [3.63, 3.8) is 0 Å². The molecule has 6 rings (SSSR count). The predicted molar refractivity (Wildman–Crippen MR) is 139 cm³/mol. The van der Waals surface area contributed by atoms with Gasteiger partial charge in [0, 0.05) is 5.92 Å². The Kier molecular flexibility index (Phi) is 5.86. The molecule has 0 aromatic heterocycles. The summed E-state index contributed by atoms with van der Waals surface area (Å²) in [6.45, 7) is 0. The Hall–Kier alpha value is -4.18. The summed E-state index contributed by atoms with van der Waals surface area (Å²) in [6.07, 6.45) is 3.54. The van der Waals surface area contributed by atoms with Crippen molar-refractivity contribution in [3.8, 4) is 5.75 Å². The first kappa shape index (κ1) is 22.3. The lowest BCUT2D eigenvalue weighted by Crippen LogP contribution is -2.20. The zero-order chi connectivity index (χ0) is 24.5. The molecule has 0 saturated heterocycles. The van der Waals surface area contributed by atoms with Gasteiger partial charge in [0.2, 0.25) is 0 Å². The van der Waals surface area contributed by atoms with Crippen molar-refractivity contribution in [1.82, 2.24) is 5.32 Å². The van der Waals surface area contributed by atoms with E-state index < -0.39 is 0 Å². The molecule has 36 heavy (non-hydrogen) atoms. The van der Waals surface area contributed by atoms with Crippen LogP contribution < -0.4 is 10.1 Å². The number of aryl methyl sites for hydroxylation is 2. The van der Waals surface area contributed by atoms with E-state index in [2.05, 4.69) is 72.0 Å². The molecule has 4 nitrogen and oxygen atoms in total. The van der Waals surface area contributed by atoms with Gasteiger partial charge in [0.25, 0.3) is 11.8 Å². The van der Waals surface area contributed by atoms with Crippen molar-refractivity contribution >= 4 is 11.8 Å². The summed E-state index contributed by atoms with van der Waals surface area (Å²) >= 11 is 0. The number of ether oxygens (including phenoxy) is 1. The van der Waals surface area contributed by atoms with Crippen molar-refractivity contribution in [2.45, 2.75) is 37.7 Å². The van der Waals surface area contributed by atoms with Gasteiger partial charge in [0.05, 0.1) is 11.1 Å². The van der Waals surface area contributed by atoms with Crippen LogP contribution in [0.4, 0.5) is 0 Å². The lowest BCUT2D eigenvalue weighted by molar-refractivity contribution is 0.0879. The number of carbonyl (C=O) groups excluding carboxylic acids is 2. The van der Waals surface area contributed by atoms with Gasteiger partial charge in [0.1, 0.15) is 11.9 Å². The van der Waals surface area contributed by atoms with Crippen molar-refractivity contribution in [2.24, 2.45) is 0 Å². The van der Waals surface area contributed by atoms with Crippen molar-refractivity contribution < 1.29 is 14.3 Å². The van der Waals surface area contributed by atoms with Gasteiger partial charge >= 0.3 is 0 Å². The third-order valence-electron chi connectivity index (χ3n) is 7.37. The second-order valence-corrected chi connectivity index (χ2v) is 9.54. The molecule has 0 saturated carbocycles. The molecule has 0 radical (unpaired) electrons. The highest BCUT2D eigenvalue weighted by atomic mass is 16.5. The van der Waals surface area contributed by atoms with Gasteiger partial charge in [-0.25, -0.2) is 0 Å². The fourth-order valence-electron chi connectivity index (χ4n) is 5.58. The Balaban J connectivity index is 1.15. The minimum atomic E-state index is -0.308. The molecular formula is C32H27NO3. The number of imide groups is 1. The number of nitrogens with one attached hydrogen (secondary N) is 1. The fourth-order valence-corrected chi connectivity index (χ4v) is 5.58. The molecule has 1 heterocycles. The van der Waals surface area contributed by atoms with Crippen LogP contribution in [0.1, 0.15) is 73.4 Å². The van der Waals surface area contributed by atoms with E-state index in [1.807, 2.05) is 24.3 Å². The molecular weight excluding hydrogens is 446 g/mol. The van der Waals surface area contributed by atoms with Crippen LogP contribution in [0.5, 0.6) is 5.75 Å². The van der Waals surface area contributed by atoms with Gasteiger partial charge in [-0.1, -0.05) is 78.9 Å². The van der Waals surface area contributed by atoms with E-state index in [4.69, 9.17) is 4.74 Å². The third-order valence-corrected chi connectivity index (χ3v) is 7.37. The standard InChI is InChI=1S/C32H27NO3/c34-31-28-12-6-9-23(30(28)32(35)33-31)16-13-21-14-17-24(18-15-21)36-29-20-19-25(22-7-2-1-3-8-22)26-10-4-5-11-27(26)29/h1-12,14-15,17-18,25,29H,13,16,19-20H2,(H,33,34,35). The molecule has 4 heteroatoms. The van der Waals surface area contributed by atoms with Gasteiger partial charge in [-0.2, -0.15) is 0 Å². The highest BCUT2D eigenvalue weighted by Crippen LogP contribution is 2.42. The van der Waals surface area contributed by atoms with Crippen LogP contribution in [0.3, 0.4) is 0 Å². The van der Waals surface area contributed by atoms with Gasteiger partial charge in [0.15, 0.2) is 0 Å². The van der Waals surface area contributed by atoms with Crippen molar-refractivity contribution in [1.29, 1.82) is 0 Å². The Bertz CT molecular complexity index is 1430. The molecule has 0 spiro atoms. The largest absolute Gasteiger partial charge is 0.486 e. The summed E-state index contributed by atoms with van der Waals surface area (Å²) < 4.78 is 6.48. The van der Waals surface area contributed by atoms with E-state index in [9.17, 15) is 9.59 Å².